The van der Waals surface area contributed by atoms with Gasteiger partial charge in [-0.3, -0.25) is 4.79 Å². The van der Waals surface area contributed by atoms with Crippen LogP contribution in [0.1, 0.15) is 16.1 Å². The second-order valence-electron chi connectivity index (χ2n) is 4.71. The Morgan fingerprint density at radius 1 is 1.42 bits per heavy atom. The van der Waals surface area contributed by atoms with Crippen molar-refractivity contribution in [3.8, 4) is 5.82 Å². The maximum Gasteiger partial charge on any atom is 0.417 e. The minimum absolute atomic E-state index is 0.0213. The molecule has 10 heteroatoms. The molecule has 2 aromatic heterocycles. The van der Waals surface area contributed by atoms with Crippen LogP contribution in [0.5, 0.6) is 0 Å². The lowest BCUT2D eigenvalue weighted by Gasteiger charge is -2.18. The fourth-order valence-corrected chi connectivity index (χ4v) is 1.88. The monoisotopic (exact) mass is 341 g/mol. The van der Waals surface area contributed by atoms with E-state index >= 15 is 0 Å². The Morgan fingerprint density at radius 3 is 2.71 bits per heavy atom. The molecule has 24 heavy (non-hydrogen) atoms. The summed E-state index contributed by atoms with van der Waals surface area (Å²) in [5.74, 6) is -0.394. The molecule has 0 aliphatic carbocycles. The van der Waals surface area contributed by atoms with Gasteiger partial charge in [-0.2, -0.15) is 13.2 Å². The van der Waals surface area contributed by atoms with Crippen molar-refractivity contribution in [1.82, 2.24) is 24.9 Å². The van der Waals surface area contributed by atoms with Gasteiger partial charge in [0.15, 0.2) is 11.5 Å². The number of carbonyl (C=O) groups excluding carboxylic acids is 1. The SMILES string of the molecule is C=CCN(CCO)C(=O)c1cn(-c2ccc(C(F)(F)F)cn2)nn1. The average molecular weight is 341 g/mol. The maximum absolute atomic E-state index is 12.5. The maximum atomic E-state index is 12.5. The third-order valence-corrected chi connectivity index (χ3v) is 3.03. The number of alkyl halides is 3. The van der Waals surface area contributed by atoms with Gasteiger partial charge in [0.05, 0.1) is 18.4 Å². The number of aromatic nitrogens is 4. The molecule has 1 amide bonds. The molecule has 7 nitrogen and oxygen atoms in total. The van der Waals surface area contributed by atoms with Crippen molar-refractivity contribution in [2.75, 3.05) is 19.7 Å². The van der Waals surface area contributed by atoms with Crippen LogP contribution in [0.25, 0.3) is 5.82 Å². The van der Waals surface area contributed by atoms with Crippen LogP contribution in [0.3, 0.4) is 0 Å². The van der Waals surface area contributed by atoms with Crippen molar-refractivity contribution in [2.24, 2.45) is 0 Å². The quantitative estimate of drug-likeness (QED) is 0.801. The van der Waals surface area contributed by atoms with Gasteiger partial charge in [-0.05, 0) is 12.1 Å². The lowest BCUT2D eigenvalue weighted by Crippen LogP contribution is -2.33. The largest absolute Gasteiger partial charge is 0.417 e. The summed E-state index contributed by atoms with van der Waals surface area (Å²) in [4.78, 5) is 17.2. The van der Waals surface area contributed by atoms with Crippen LogP contribution in [0, 0.1) is 0 Å². The molecular formula is C14H14F3N5O2. The first-order chi connectivity index (χ1) is 11.4. The van der Waals surface area contributed by atoms with E-state index in [1.54, 1.807) is 0 Å². The van der Waals surface area contributed by atoms with Gasteiger partial charge in [0.2, 0.25) is 0 Å². The summed E-state index contributed by atoms with van der Waals surface area (Å²) in [7, 11) is 0. The lowest BCUT2D eigenvalue weighted by molar-refractivity contribution is -0.137. The number of aliphatic hydroxyl groups excluding tert-OH is 1. The Hall–Kier alpha value is -2.75. The highest BCUT2D eigenvalue weighted by Crippen LogP contribution is 2.28. The summed E-state index contributed by atoms with van der Waals surface area (Å²) in [5.41, 5.74) is -0.908. The molecule has 2 rings (SSSR count). The fourth-order valence-electron chi connectivity index (χ4n) is 1.88. The van der Waals surface area contributed by atoms with Crippen LogP contribution in [0.2, 0.25) is 0 Å². The van der Waals surface area contributed by atoms with E-state index in [0.29, 0.717) is 6.20 Å². The molecule has 0 radical (unpaired) electrons. The second-order valence-corrected chi connectivity index (χ2v) is 4.71. The van der Waals surface area contributed by atoms with Crippen LogP contribution in [0.15, 0.2) is 37.2 Å². The molecule has 0 bridgehead atoms. The zero-order chi connectivity index (χ0) is 17.7. The van der Waals surface area contributed by atoms with Crippen molar-refractivity contribution < 1.29 is 23.1 Å². The Kier molecular flexibility index (Phi) is 5.29. The van der Waals surface area contributed by atoms with Crippen LogP contribution < -0.4 is 0 Å². The number of carbonyl (C=O) groups is 1. The van der Waals surface area contributed by atoms with Gasteiger partial charge < -0.3 is 10.0 Å². The lowest BCUT2D eigenvalue weighted by atomic mass is 10.3. The molecule has 0 aliphatic heterocycles. The molecule has 0 aliphatic rings. The summed E-state index contributed by atoms with van der Waals surface area (Å²) >= 11 is 0. The van der Waals surface area contributed by atoms with Crippen LogP contribution in [0.4, 0.5) is 13.2 Å². The van der Waals surface area contributed by atoms with Gasteiger partial charge in [0.1, 0.15) is 0 Å². The Bertz CT molecular complexity index is 712. The first kappa shape index (κ1) is 17.6. The Labute approximate surface area is 135 Å². The predicted molar refractivity (Wildman–Crippen MR) is 77.3 cm³/mol. The third-order valence-electron chi connectivity index (χ3n) is 3.03. The smallest absolute Gasteiger partial charge is 0.395 e. The van der Waals surface area contributed by atoms with E-state index in [4.69, 9.17) is 5.11 Å². The molecule has 0 fully saturated rings. The van der Waals surface area contributed by atoms with E-state index < -0.39 is 17.6 Å². The van der Waals surface area contributed by atoms with Crippen molar-refractivity contribution in [1.29, 1.82) is 0 Å². The molecule has 0 atom stereocenters. The van der Waals surface area contributed by atoms with Gasteiger partial charge >= 0.3 is 6.18 Å². The van der Waals surface area contributed by atoms with E-state index in [1.807, 2.05) is 0 Å². The molecule has 0 saturated carbocycles. The molecule has 2 aromatic rings. The van der Waals surface area contributed by atoms with Gasteiger partial charge in [-0.15, -0.1) is 11.7 Å². The first-order valence-corrected chi connectivity index (χ1v) is 6.84. The molecule has 2 heterocycles. The van der Waals surface area contributed by atoms with Gasteiger partial charge in [0, 0.05) is 19.3 Å². The van der Waals surface area contributed by atoms with Gasteiger partial charge in [0.25, 0.3) is 5.91 Å². The van der Waals surface area contributed by atoms with Crippen LogP contribution in [-0.4, -0.2) is 55.6 Å². The molecule has 0 aromatic carbocycles. The molecular weight excluding hydrogens is 327 g/mol. The molecule has 0 saturated heterocycles. The molecule has 0 spiro atoms. The van der Waals surface area contributed by atoms with E-state index in [1.165, 1.54) is 17.2 Å². The van der Waals surface area contributed by atoms with Crippen molar-refractivity contribution >= 4 is 5.91 Å². The highest BCUT2D eigenvalue weighted by Gasteiger charge is 2.30. The van der Waals surface area contributed by atoms with Crippen LogP contribution in [-0.2, 0) is 6.18 Å². The van der Waals surface area contributed by atoms with Gasteiger partial charge in [-0.1, -0.05) is 11.3 Å². The number of rotatable bonds is 6. The predicted octanol–water partition coefficient (Wildman–Crippen LogP) is 1.30. The Balaban J connectivity index is 2.20. The number of amides is 1. The average Bonchev–Trinajstić information content (AvgIpc) is 3.03. The van der Waals surface area contributed by atoms with E-state index in [9.17, 15) is 18.0 Å². The van der Waals surface area contributed by atoms with Gasteiger partial charge in [-0.25, -0.2) is 9.67 Å². The van der Waals surface area contributed by atoms with E-state index in [0.717, 1.165) is 16.8 Å². The van der Waals surface area contributed by atoms with E-state index in [2.05, 4.69) is 21.9 Å². The number of hydrogen-bond acceptors (Lipinski definition) is 5. The minimum Gasteiger partial charge on any atom is -0.395 e. The number of aliphatic hydroxyl groups is 1. The first-order valence-electron chi connectivity index (χ1n) is 6.84. The van der Waals surface area contributed by atoms with Crippen molar-refractivity contribution in [3.63, 3.8) is 0 Å². The number of pyridine rings is 1. The second kappa shape index (κ2) is 7.21. The highest BCUT2D eigenvalue weighted by atomic mass is 19.4. The summed E-state index contributed by atoms with van der Waals surface area (Å²) in [6, 6.07) is 1.99. The number of halogens is 3. The number of hydrogen-bond donors (Lipinski definition) is 1. The summed E-state index contributed by atoms with van der Waals surface area (Å²) in [5, 5.41) is 16.3. The topological polar surface area (TPSA) is 84.1 Å². The molecule has 128 valence electrons. The van der Waals surface area contributed by atoms with E-state index in [-0.39, 0.29) is 31.2 Å². The zero-order valence-electron chi connectivity index (χ0n) is 12.4. The summed E-state index contributed by atoms with van der Waals surface area (Å²) in [6.07, 6.45) is -1.06. The highest BCUT2D eigenvalue weighted by molar-refractivity contribution is 5.92. The van der Waals surface area contributed by atoms with Crippen molar-refractivity contribution in [3.05, 3.63) is 48.4 Å². The molecule has 0 unspecified atom stereocenters. The standard InChI is InChI=1S/C14H14F3N5O2/c1-2-5-21(6-7-23)13(24)11-9-22(20-19-11)12-4-3-10(8-18-12)14(15,16)17/h2-4,8-9,23H,1,5-7H2. The normalized spacial score (nSPS) is 11.3. The fraction of sp³-hybridized carbons (Fsp3) is 0.286. The van der Waals surface area contributed by atoms with Crippen LogP contribution >= 0.6 is 0 Å². The minimum atomic E-state index is -4.48. The summed E-state index contributed by atoms with van der Waals surface area (Å²) in [6.45, 7) is 3.60. The van der Waals surface area contributed by atoms with Crippen molar-refractivity contribution in [2.45, 2.75) is 6.18 Å². The Morgan fingerprint density at radius 2 is 2.17 bits per heavy atom. The molecule has 1 N–H and O–H groups in total. The number of nitrogens with zero attached hydrogens (tertiary/aromatic N) is 5. The third kappa shape index (κ3) is 3.96. The zero-order valence-corrected chi connectivity index (χ0v) is 12.4. The summed E-state index contributed by atoms with van der Waals surface area (Å²) < 4.78 is 38.6.